The molecule has 3 N–H and O–H groups in total. The maximum Gasteiger partial charge on any atom is 0.247 e. The Hall–Kier alpha value is -1.96. The molecular formula is C13H14N2O4S. The van der Waals surface area contributed by atoms with E-state index in [0.29, 0.717) is 5.56 Å². The van der Waals surface area contributed by atoms with Gasteiger partial charge in [-0.3, -0.25) is 4.79 Å². The number of hydrogen-bond donors (Lipinski definition) is 3. The molecular weight excluding hydrogens is 280 g/mol. The predicted octanol–water partition coefficient (Wildman–Crippen LogP) is 0.387. The Morgan fingerprint density at radius 3 is 2.45 bits per heavy atom. The highest BCUT2D eigenvalue weighted by Crippen LogP contribution is 2.12. The highest BCUT2D eigenvalue weighted by molar-refractivity contribution is 7.89. The average Bonchev–Trinajstić information content (AvgIpc) is 2.46. The fourth-order valence-corrected chi connectivity index (χ4v) is 2.63. The molecule has 0 spiro atoms. The summed E-state index contributed by atoms with van der Waals surface area (Å²) in [5.41, 5.74) is 0.241. The van der Waals surface area contributed by atoms with Gasteiger partial charge in [-0.05, 0) is 11.6 Å². The normalized spacial score (nSPS) is 13.1. The number of aliphatic hydroxyl groups excluding tert-OH is 1. The third kappa shape index (κ3) is 3.53. The van der Waals surface area contributed by atoms with Gasteiger partial charge in [0.1, 0.15) is 0 Å². The van der Waals surface area contributed by atoms with Crippen molar-refractivity contribution >= 4 is 10.0 Å². The summed E-state index contributed by atoms with van der Waals surface area (Å²) < 4.78 is 26.2. The van der Waals surface area contributed by atoms with E-state index in [4.69, 9.17) is 0 Å². The van der Waals surface area contributed by atoms with E-state index in [1.54, 1.807) is 30.3 Å². The van der Waals surface area contributed by atoms with E-state index in [1.165, 1.54) is 6.07 Å². The molecule has 7 heteroatoms. The van der Waals surface area contributed by atoms with Crippen LogP contribution in [0.5, 0.6) is 0 Å². The van der Waals surface area contributed by atoms with Crippen LogP contribution in [0.25, 0.3) is 0 Å². The van der Waals surface area contributed by atoms with Crippen molar-refractivity contribution in [3.8, 4) is 0 Å². The van der Waals surface area contributed by atoms with Gasteiger partial charge in [-0.15, -0.1) is 0 Å². The van der Waals surface area contributed by atoms with E-state index in [0.717, 1.165) is 12.3 Å². The lowest BCUT2D eigenvalue weighted by Gasteiger charge is -2.12. The third-order valence-corrected chi connectivity index (χ3v) is 4.14. The van der Waals surface area contributed by atoms with Crippen LogP contribution in [0.2, 0.25) is 0 Å². The van der Waals surface area contributed by atoms with Crippen molar-refractivity contribution in [2.75, 3.05) is 6.54 Å². The molecule has 106 valence electrons. The number of rotatable bonds is 5. The number of aliphatic hydroxyl groups is 1. The fourth-order valence-electron chi connectivity index (χ4n) is 1.63. The average molecular weight is 294 g/mol. The quantitative estimate of drug-likeness (QED) is 0.742. The summed E-state index contributed by atoms with van der Waals surface area (Å²) in [7, 11) is -3.76. The number of aromatic amines is 1. The Balaban J connectivity index is 2.06. The molecule has 1 atom stereocenters. The first kappa shape index (κ1) is 14.4. The highest BCUT2D eigenvalue weighted by Gasteiger charge is 2.16. The molecule has 2 aromatic rings. The lowest BCUT2D eigenvalue weighted by atomic mass is 10.1. The molecule has 0 saturated carbocycles. The smallest absolute Gasteiger partial charge is 0.247 e. The summed E-state index contributed by atoms with van der Waals surface area (Å²) >= 11 is 0. The van der Waals surface area contributed by atoms with Crippen LogP contribution in [0, 0.1) is 0 Å². The third-order valence-electron chi connectivity index (χ3n) is 2.72. The van der Waals surface area contributed by atoms with Crippen LogP contribution in [0.3, 0.4) is 0 Å². The van der Waals surface area contributed by atoms with Gasteiger partial charge < -0.3 is 10.1 Å². The van der Waals surface area contributed by atoms with Gasteiger partial charge in [0.2, 0.25) is 15.6 Å². The SMILES string of the molecule is O=c1ccc(S(=O)(=O)NCC(O)c2ccccc2)c[nH]1. The van der Waals surface area contributed by atoms with E-state index in [2.05, 4.69) is 9.71 Å². The summed E-state index contributed by atoms with van der Waals surface area (Å²) in [5.74, 6) is 0. The van der Waals surface area contributed by atoms with Gasteiger partial charge in [0, 0.05) is 18.8 Å². The number of hydrogen-bond acceptors (Lipinski definition) is 4. The van der Waals surface area contributed by atoms with Crippen LogP contribution in [-0.2, 0) is 10.0 Å². The molecule has 0 aliphatic rings. The van der Waals surface area contributed by atoms with E-state index in [-0.39, 0.29) is 17.0 Å². The topological polar surface area (TPSA) is 99.3 Å². The first-order chi connectivity index (χ1) is 9.49. The van der Waals surface area contributed by atoms with Crippen LogP contribution in [0.1, 0.15) is 11.7 Å². The number of H-pyrrole nitrogens is 1. The summed E-state index contributed by atoms with van der Waals surface area (Å²) in [6.45, 7) is -0.147. The summed E-state index contributed by atoms with van der Waals surface area (Å²) in [6, 6.07) is 11.1. The number of aromatic nitrogens is 1. The van der Waals surface area contributed by atoms with Crippen molar-refractivity contribution in [1.82, 2.24) is 9.71 Å². The molecule has 1 aromatic carbocycles. The molecule has 1 aromatic heterocycles. The van der Waals surface area contributed by atoms with Gasteiger partial charge in [0.05, 0.1) is 11.0 Å². The zero-order valence-electron chi connectivity index (χ0n) is 10.5. The van der Waals surface area contributed by atoms with Crippen molar-refractivity contribution < 1.29 is 13.5 Å². The molecule has 0 radical (unpaired) electrons. The van der Waals surface area contributed by atoms with Crippen molar-refractivity contribution in [3.63, 3.8) is 0 Å². The zero-order chi connectivity index (χ0) is 14.6. The molecule has 0 amide bonds. The fraction of sp³-hybridized carbons (Fsp3) is 0.154. The van der Waals surface area contributed by atoms with E-state index < -0.39 is 16.1 Å². The van der Waals surface area contributed by atoms with Crippen molar-refractivity contribution in [3.05, 3.63) is 64.6 Å². The van der Waals surface area contributed by atoms with Crippen LogP contribution < -0.4 is 10.3 Å². The van der Waals surface area contributed by atoms with Gasteiger partial charge in [-0.2, -0.15) is 0 Å². The molecule has 0 saturated heterocycles. The Bertz CT molecular complexity index is 705. The van der Waals surface area contributed by atoms with Crippen LogP contribution in [0.4, 0.5) is 0 Å². The van der Waals surface area contributed by atoms with Gasteiger partial charge in [0.25, 0.3) is 0 Å². The predicted molar refractivity (Wildman–Crippen MR) is 73.7 cm³/mol. The zero-order valence-corrected chi connectivity index (χ0v) is 11.3. The lowest BCUT2D eigenvalue weighted by molar-refractivity contribution is 0.182. The van der Waals surface area contributed by atoms with Crippen molar-refractivity contribution in [2.45, 2.75) is 11.0 Å². The minimum absolute atomic E-state index is 0.0580. The first-order valence-corrected chi connectivity index (χ1v) is 7.39. The second kappa shape index (κ2) is 6.00. The number of nitrogens with one attached hydrogen (secondary N) is 2. The Morgan fingerprint density at radius 2 is 1.85 bits per heavy atom. The molecule has 20 heavy (non-hydrogen) atoms. The van der Waals surface area contributed by atoms with Gasteiger partial charge in [0.15, 0.2) is 0 Å². The van der Waals surface area contributed by atoms with E-state index in [9.17, 15) is 18.3 Å². The second-order valence-electron chi connectivity index (χ2n) is 4.17. The number of pyridine rings is 1. The molecule has 0 fully saturated rings. The maximum atomic E-state index is 11.9. The van der Waals surface area contributed by atoms with E-state index in [1.807, 2.05) is 0 Å². The van der Waals surface area contributed by atoms with Crippen LogP contribution in [0.15, 0.2) is 58.4 Å². The van der Waals surface area contributed by atoms with E-state index >= 15 is 0 Å². The number of benzene rings is 1. The molecule has 1 heterocycles. The van der Waals surface area contributed by atoms with Crippen LogP contribution >= 0.6 is 0 Å². The van der Waals surface area contributed by atoms with Crippen LogP contribution in [-0.4, -0.2) is 25.1 Å². The maximum absolute atomic E-state index is 11.9. The molecule has 6 nitrogen and oxygen atoms in total. The first-order valence-electron chi connectivity index (χ1n) is 5.90. The minimum atomic E-state index is -3.76. The Morgan fingerprint density at radius 1 is 1.15 bits per heavy atom. The van der Waals surface area contributed by atoms with Gasteiger partial charge in [-0.25, -0.2) is 13.1 Å². The lowest BCUT2D eigenvalue weighted by Crippen LogP contribution is -2.29. The second-order valence-corrected chi connectivity index (χ2v) is 5.93. The molecule has 2 rings (SSSR count). The molecule has 0 bridgehead atoms. The Kier molecular flexibility index (Phi) is 4.33. The monoisotopic (exact) mass is 294 g/mol. The minimum Gasteiger partial charge on any atom is -0.387 e. The Labute approximate surface area is 116 Å². The largest absolute Gasteiger partial charge is 0.387 e. The molecule has 1 unspecified atom stereocenters. The summed E-state index contributed by atoms with van der Waals surface area (Å²) in [5, 5.41) is 9.89. The highest BCUT2D eigenvalue weighted by atomic mass is 32.2. The molecule has 0 aliphatic heterocycles. The molecule has 0 aliphatic carbocycles. The van der Waals surface area contributed by atoms with Gasteiger partial charge in [-0.1, -0.05) is 30.3 Å². The summed E-state index contributed by atoms with van der Waals surface area (Å²) in [4.78, 5) is 13.1. The summed E-state index contributed by atoms with van der Waals surface area (Å²) in [6.07, 6.45) is 0.174. The standard InChI is InChI=1S/C13H14N2O4S/c16-12(10-4-2-1-3-5-10)9-15-20(18,19)11-6-7-13(17)14-8-11/h1-8,12,15-16H,9H2,(H,14,17). The number of sulfonamides is 1. The van der Waals surface area contributed by atoms with Gasteiger partial charge >= 0.3 is 0 Å². The van der Waals surface area contributed by atoms with Crippen molar-refractivity contribution in [2.24, 2.45) is 0 Å². The van der Waals surface area contributed by atoms with Crippen molar-refractivity contribution in [1.29, 1.82) is 0 Å².